The number of halogens is 1. The molecule has 3 N–H and O–H groups in total. The lowest BCUT2D eigenvalue weighted by Crippen LogP contribution is -2.33. The summed E-state index contributed by atoms with van der Waals surface area (Å²) < 4.78 is 24.3. The molecule has 0 bridgehead atoms. The number of nitrogens with zero attached hydrogens (tertiary/aromatic N) is 5. The number of aryl methyl sites for hydroxylation is 1. The van der Waals surface area contributed by atoms with Crippen molar-refractivity contribution < 1.29 is 18.7 Å². The third kappa shape index (κ3) is 9.32. The Morgan fingerprint density at radius 1 is 1.30 bits per heavy atom. The molecule has 2 unspecified atom stereocenters. The van der Waals surface area contributed by atoms with Gasteiger partial charge in [0.2, 0.25) is 0 Å². The summed E-state index contributed by atoms with van der Waals surface area (Å²) in [6.07, 6.45) is -0.289. The van der Waals surface area contributed by atoms with Gasteiger partial charge in [0.05, 0.1) is 18.8 Å². The quantitative estimate of drug-likeness (QED) is 0.170. The Hall–Kier alpha value is -2.63. The van der Waals surface area contributed by atoms with Gasteiger partial charge in [-0.1, -0.05) is 37.5 Å². The van der Waals surface area contributed by atoms with Gasteiger partial charge >= 0.3 is 13.4 Å². The van der Waals surface area contributed by atoms with Crippen molar-refractivity contribution in [3.8, 4) is 0 Å². The van der Waals surface area contributed by atoms with Crippen LogP contribution >= 0.6 is 19.3 Å². The maximum Gasteiger partial charge on any atom is 0.430 e. The molecule has 0 amide bonds. The normalized spacial score (nSPS) is 20.5. The van der Waals surface area contributed by atoms with Crippen LogP contribution in [0.5, 0.6) is 0 Å². The second-order valence-corrected chi connectivity index (χ2v) is 10.1. The van der Waals surface area contributed by atoms with E-state index in [1.54, 1.807) is 0 Å². The zero-order valence-corrected chi connectivity index (χ0v) is 22.9. The molecule has 1 saturated heterocycles. The number of benzene rings is 1. The predicted octanol–water partition coefficient (Wildman–Crippen LogP) is 4.04. The van der Waals surface area contributed by atoms with Gasteiger partial charge in [0.15, 0.2) is 0 Å². The largest absolute Gasteiger partial charge is 0.430 e. The molecule has 1 fully saturated rings. The van der Waals surface area contributed by atoms with Gasteiger partial charge in [-0.2, -0.15) is 0 Å². The molecule has 1 aromatic heterocycles. The topological polar surface area (TPSA) is 175 Å². The first-order valence-electron chi connectivity index (χ1n) is 11.8. The Labute approximate surface area is 219 Å². The van der Waals surface area contributed by atoms with Gasteiger partial charge in [-0.25, -0.2) is 9.36 Å². The molecule has 2 aromatic rings. The smallest absolute Gasteiger partial charge is 0.352 e. The van der Waals surface area contributed by atoms with E-state index in [-0.39, 0.29) is 13.0 Å². The van der Waals surface area contributed by atoms with Gasteiger partial charge in [0, 0.05) is 33.8 Å². The Balaban J connectivity index is 0.000000604. The standard InChI is InChI=1S/C16H18ClN6O6P.C6H15N/c1-9-7-23(16(25)19-15(9)24)14-6-12(20-22-18)13(29-14)8-28-30(26,27)21-11-4-2-10(17)3-5-11;1-4-7(5-2)6-3/h2-5,7,12-14H,6,8H2,1H3,(H,19,24,25)(H2,21,26,27);4-6H2,1-3H3/t12?,13-,14-;/m1./s1. The average Bonchev–Trinajstić information content (AvgIpc) is 3.26. The van der Waals surface area contributed by atoms with E-state index in [0.717, 1.165) is 0 Å². The number of rotatable bonds is 10. The van der Waals surface area contributed by atoms with E-state index in [9.17, 15) is 19.0 Å². The molecule has 15 heteroatoms. The van der Waals surface area contributed by atoms with Crippen LogP contribution in [0.4, 0.5) is 5.69 Å². The molecule has 204 valence electrons. The van der Waals surface area contributed by atoms with Crippen molar-refractivity contribution >= 4 is 25.0 Å². The van der Waals surface area contributed by atoms with Crippen LogP contribution in [0.3, 0.4) is 0 Å². The molecule has 3 rings (SSSR count). The SMILES string of the molecule is CCN(CC)CC.Cc1cn([C@H]2CC(N=[N+]=[N-])[C@@H](COP(=O)(O)Nc3ccc(Cl)cc3)O2)c(=O)[nH]c1=O. The lowest BCUT2D eigenvalue weighted by molar-refractivity contribution is -0.0237. The summed E-state index contributed by atoms with van der Waals surface area (Å²) in [4.78, 5) is 41.0. The van der Waals surface area contributed by atoms with Crippen molar-refractivity contribution in [1.82, 2.24) is 14.5 Å². The van der Waals surface area contributed by atoms with Gasteiger partial charge in [0.1, 0.15) is 6.23 Å². The number of aromatic nitrogens is 2. The zero-order valence-electron chi connectivity index (χ0n) is 21.2. The summed E-state index contributed by atoms with van der Waals surface area (Å²) in [7, 11) is -4.27. The highest BCUT2D eigenvalue weighted by Gasteiger charge is 2.38. The summed E-state index contributed by atoms with van der Waals surface area (Å²) in [5, 5.41) is 6.45. The highest BCUT2D eigenvalue weighted by Crippen LogP contribution is 2.43. The fourth-order valence-corrected chi connectivity index (χ4v) is 4.60. The van der Waals surface area contributed by atoms with E-state index in [4.69, 9.17) is 26.4 Å². The molecular formula is C22H33ClN7O6P. The minimum atomic E-state index is -4.27. The van der Waals surface area contributed by atoms with Crippen LogP contribution in [0.15, 0.2) is 45.2 Å². The average molecular weight is 558 g/mol. The molecule has 1 aromatic carbocycles. The molecular weight excluding hydrogens is 525 g/mol. The number of nitrogens with one attached hydrogen (secondary N) is 2. The monoisotopic (exact) mass is 557 g/mol. The van der Waals surface area contributed by atoms with Crippen molar-refractivity contribution in [3.63, 3.8) is 0 Å². The molecule has 0 saturated carbocycles. The summed E-state index contributed by atoms with van der Waals surface area (Å²) >= 11 is 5.78. The number of anilines is 1. The Bertz CT molecular complexity index is 1220. The summed E-state index contributed by atoms with van der Waals surface area (Å²) in [6.45, 7) is 11.3. The number of ether oxygens (including phenoxy) is 1. The van der Waals surface area contributed by atoms with E-state index in [0.29, 0.717) is 16.3 Å². The summed E-state index contributed by atoms with van der Waals surface area (Å²) in [6, 6.07) is 5.33. The Morgan fingerprint density at radius 3 is 2.46 bits per heavy atom. The molecule has 1 aliphatic heterocycles. The Morgan fingerprint density at radius 2 is 1.92 bits per heavy atom. The van der Waals surface area contributed by atoms with Crippen molar-refractivity contribution in [1.29, 1.82) is 0 Å². The number of hydrogen-bond donors (Lipinski definition) is 3. The first kappa shape index (κ1) is 30.6. The Kier molecular flexibility index (Phi) is 11.9. The van der Waals surface area contributed by atoms with E-state index in [2.05, 4.69) is 45.8 Å². The number of azide groups is 1. The maximum absolute atomic E-state index is 12.3. The molecule has 0 spiro atoms. The minimum Gasteiger partial charge on any atom is -0.352 e. The fraction of sp³-hybridized carbons (Fsp3) is 0.545. The lowest BCUT2D eigenvalue weighted by atomic mass is 10.1. The number of hydrogen-bond acceptors (Lipinski definition) is 7. The first-order chi connectivity index (χ1) is 17.5. The lowest BCUT2D eigenvalue weighted by Gasteiger charge is -2.19. The van der Waals surface area contributed by atoms with E-state index < -0.39 is 37.4 Å². The van der Waals surface area contributed by atoms with Crippen LogP contribution in [-0.2, 0) is 13.8 Å². The highest BCUT2D eigenvalue weighted by molar-refractivity contribution is 7.54. The first-order valence-corrected chi connectivity index (χ1v) is 13.7. The van der Waals surface area contributed by atoms with Gasteiger partial charge < -0.3 is 14.5 Å². The van der Waals surface area contributed by atoms with Gasteiger partial charge in [-0.3, -0.25) is 24.0 Å². The molecule has 2 heterocycles. The zero-order chi connectivity index (χ0) is 27.6. The highest BCUT2D eigenvalue weighted by atomic mass is 35.5. The summed E-state index contributed by atoms with van der Waals surface area (Å²) in [5.41, 5.74) is 8.21. The molecule has 37 heavy (non-hydrogen) atoms. The molecule has 0 radical (unpaired) electrons. The predicted molar refractivity (Wildman–Crippen MR) is 142 cm³/mol. The number of aromatic amines is 1. The van der Waals surface area contributed by atoms with Crippen LogP contribution < -0.4 is 16.3 Å². The van der Waals surface area contributed by atoms with E-state index in [1.165, 1.54) is 61.6 Å². The van der Waals surface area contributed by atoms with E-state index in [1.807, 2.05) is 0 Å². The minimum absolute atomic E-state index is 0.115. The van der Waals surface area contributed by atoms with Crippen LogP contribution in [0, 0.1) is 6.92 Å². The second-order valence-electron chi connectivity index (χ2n) is 8.17. The van der Waals surface area contributed by atoms with Crippen LogP contribution in [0.2, 0.25) is 5.02 Å². The van der Waals surface area contributed by atoms with E-state index >= 15 is 0 Å². The van der Waals surface area contributed by atoms with Crippen LogP contribution in [-0.4, -0.2) is 57.7 Å². The maximum atomic E-state index is 12.3. The van der Waals surface area contributed by atoms with Crippen LogP contribution in [0.25, 0.3) is 10.4 Å². The van der Waals surface area contributed by atoms with Crippen molar-refractivity contribution in [2.45, 2.75) is 52.5 Å². The number of H-pyrrole nitrogens is 1. The molecule has 0 aliphatic carbocycles. The second kappa shape index (κ2) is 14.3. The van der Waals surface area contributed by atoms with Gasteiger partial charge in [0.25, 0.3) is 5.56 Å². The molecule has 4 atom stereocenters. The third-order valence-corrected chi connectivity index (χ3v) is 7.02. The van der Waals surface area contributed by atoms with Crippen molar-refractivity contribution in [2.75, 3.05) is 31.3 Å². The van der Waals surface area contributed by atoms with Gasteiger partial charge in [-0.15, -0.1) is 0 Å². The van der Waals surface area contributed by atoms with Crippen molar-refractivity contribution in [3.05, 3.63) is 72.3 Å². The van der Waals surface area contributed by atoms with Crippen molar-refractivity contribution in [2.24, 2.45) is 5.11 Å². The molecule has 1 aliphatic rings. The summed E-state index contributed by atoms with van der Waals surface area (Å²) in [5.74, 6) is 0. The molecule has 13 nitrogen and oxygen atoms in total. The van der Waals surface area contributed by atoms with Gasteiger partial charge in [-0.05, 0) is 56.4 Å². The third-order valence-electron chi connectivity index (χ3n) is 5.73. The fourth-order valence-electron chi connectivity index (χ4n) is 3.59. The van der Waals surface area contributed by atoms with Crippen LogP contribution in [0.1, 0.15) is 39.0 Å².